The lowest BCUT2D eigenvalue weighted by atomic mass is 9.76. The number of alkyl carbamates (subject to hydrolysis) is 2. The summed E-state index contributed by atoms with van der Waals surface area (Å²) in [5, 5.41) is 66.3. The largest absolute Gasteiger partial charge is 0.480 e. The van der Waals surface area contributed by atoms with Gasteiger partial charge in [0.25, 0.3) is 5.91 Å². The number of aliphatic carboxylic acids is 1. The molecule has 0 bridgehead atoms. The molecule has 0 spiro atoms. The van der Waals surface area contributed by atoms with Gasteiger partial charge in [0.2, 0.25) is 59.1 Å². The number of nitrogens with one attached hydrogen (secondary N) is 13. The Labute approximate surface area is 836 Å². The highest BCUT2D eigenvalue weighted by Gasteiger charge is 2.49. The molecule has 790 valence electrons. The minimum atomic E-state index is -3.20. The fraction of sp³-hybridized carbons (Fsp3) is 0.608. The van der Waals surface area contributed by atoms with Crippen molar-refractivity contribution in [2.24, 2.45) is 40.3 Å². The third kappa shape index (κ3) is 41.2. The summed E-state index contributed by atoms with van der Waals surface area (Å²) in [6, 6.07) is 16.1. The zero-order valence-corrected chi connectivity index (χ0v) is 88.8. The van der Waals surface area contributed by atoms with E-state index >= 15 is 33.6 Å². The third-order valence-electron chi connectivity index (χ3n) is 22.7. The quantitative estimate of drug-likeness (QED) is 0.00374. The van der Waals surface area contributed by atoms with Gasteiger partial charge in [0.05, 0.1) is 24.4 Å². The third-order valence-corrected chi connectivity index (χ3v) is 27.1. The summed E-state index contributed by atoms with van der Waals surface area (Å²) in [6.45, 7) is 45.3. The molecule has 18 N–H and O–H groups in total. The molecule has 0 aliphatic rings. The molecular weight excluding hydrogens is 1850 g/mol. The van der Waals surface area contributed by atoms with Gasteiger partial charge in [0.15, 0.2) is 26.6 Å². The van der Waals surface area contributed by atoms with E-state index in [0.29, 0.717) is 16.7 Å². The molecule has 13 amide bonds. The minimum Gasteiger partial charge on any atom is -0.480 e. The molecular formula is C102H159N15O24Si. The van der Waals surface area contributed by atoms with Crippen LogP contribution in [0.1, 0.15) is 247 Å². The predicted molar refractivity (Wildman–Crippen MR) is 538 cm³/mol. The monoisotopic (exact) mass is 2010 g/mol. The summed E-state index contributed by atoms with van der Waals surface area (Å²) in [4.78, 5) is 225. The van der Waals surface area contributed by atoms with Gasteiger partial charge in [-0.2, -0.15) is 0 Å². The number of esters is 1. The van der Waals surface area contributed by atoms with Gasteiger partial charge >= 0.3 is 30.2 Å². The molecule has 0 fully saturated rings. The van der Waals surface area contributed by atoms with Crippen molar-refractivity contribution >= 4 is 104 Å². The van der Waals surface area contributed by atoms with Crippen LogP contribution < -0.4 is 74.9 Å². The van der Waals surface area contributed by atoms with E-state index in [1.807, 2.05) is 33.9 Å². The number of carboxylic acid groups (broad SMARTS) is 1. The number of carbonyl (C=O) groups is 15. The van der Waals surface area contributed by atoms with E-state index in [2.05, 4.69) is 74.1 Å². The number of amides is 13. The van der Waals surface area contributed by atoms with E-state index < -0.39 is 258 Å². The van der Waals surface area contributed by atoms with Gasteiger partial charge in [0, 0.05) is 6.54 Å². The smallest absolute Gasteiger partial charge is 0.437 e. The van der Waals surface area contributed by atoms with E-state index in [-0.39, 0.29) is 56.6 Å². The lowest BCUT2D eigenvalue weighted by molar-refractivity contribution is -0.161. The molecule has 142 heavy (non-hydrogen) atoms. The summed E-state index contributed by atoms with van der Waals surface area (Å²) < 4.78 is 36.4. The van der Waals surface area contributed by atoms with Crippen molar-refractivity contribution in [3.8, 4) is 0 Å². The maximum atomic E-state index is 16.9. The molecule has 0 aliphatic heterocycles. The number of aliphatic hydroxyl groups is 2. The van der Waals surface area contributed by atoms with Gasteiger partial charge in [-0.3, -0.25) is 58.1 Å². The zero-order valence-electron chi connectivity index (χ0n) is 87.8. The van der Waals surface area contributed by atoms with E-state index in [1.165, 1.54) is 24.3 Å². The molecule has 0 saturated carbocycles. The number of nitrogens with two attached hydrogens (primary N) is 1. The Morgan fingerprint density at radius 2 is 0.838 bits per heavy atom. The summed E-state index contributed by atoms with van der Waals surface area (Å²) >= 11 is 0. The van der Waals surface area contributed by atoms with Crippen LogP contribution in [-0.2, 0) is 91.2 Å². The molecule has 0 unspecified atom stereocenters. The lowest BCUT2D eigenvalue weighted by Gasteiger charge is -2.43. The number of hydrogen-bond donors (Lipinski definition) is 17. The topological polar surface area (TPSA) is 567 Å². The summed E-state index contributed by atoms with van der Waals surface area (Å²) in [5.41, 5.74) is 2.55. The van der Waals surface area contributed by atoms with E-state index in [4.69, 9.17) is 33.8 Å². The van der Waals surface area contributed by atoms with Crippen molar-refractivity contribution in [1.29, 1.82) is 0 Å². The fourth-order valence-electron chi connectivity index (χ4n) is 14.4. The zero-order chi connectivity index (χ0) is 108. The molecule has 4 rings (SSSR count). The molecule has 0 saturated heterocycles. The maximum Gasteiger partial charge on any atom is 0.437 e. The predicted octanol–water partition coefficient (Wildman–Crippen LogP) is 8.65. The van der Waals surface area contributed by atoms with E-state index in [0.717, 1.165) is 6.92 Å². The number of aliphatic hydroxyl groups excluding tert-OH is 2. The number of guanidine groups is 1. The maximum absolute atomic E-state index is 16.9. The number of aliphatic imine (C=N–C) groups is 1. The van der Waals surface area contributed by atoms with Crippen LogP contribution in [0.2, 0.25) is 18.1 Å². The van der Waals surface area contributed by atoms with Crippen molar-refractivity contribution in [2.75, 3.05) is 19.7 Å². The van der Waals surface area contributed by atoms with Crippen molar-refractivity contribution in [1.82, 2.24) is 69.1 Å². The Bertz CT molecular complexity index is 4760. The van der Waals surface area contributed by atoms with Gasteiger partial charge in [0.1, 0.15) is 83.3 Å². The first kappa shape index (κ1) is 122. The summed E-state index contributed by atoms with van der Waals surface area (Å²) in [6.07, 6.45) is -11.3. The molecule has 15 atom stereocenters. The molecule has 40 heteroatoms. The first-order valence-electron chi connectivity index (χ1n) is 48.4. The normalized spacial score (nSPS) is 15.5. The average Bonchev–Trinajstić information content (AvgIpc) is 0.749. The molecule has 4 aromatic rings. The number of carbonyl (C=O) groups excluding carboxylic acids is 14. The van der Waals surface area contributed by atoms with Crippen LogP contribution in [0.4, 0.5) is 14.4 Å². The Balaban J connectivity index is 2.10. The van der Waals surface area contributed by atoms with Crippen LogP contribution in [0.5, 0.6) is 0 Å². The van der Waals surface area contributed by atoms with Crippen molar-refractivity contribution in [2.45, 2.75) is 349 Å². The van der Waals surface area contributed by atoms with Crippen LogP contribution >= 0.6 is 0 Å². The van der Waals surface area contributed by atoms with E-state index in [1.54, 1.807) is 249 Å². The standard InChI is InChI=1S/C102H159N15O24Si/c1-29-62(10)75(88(128)112-76(63(11)118)87(127)105-56-73(119)120)111-82(122)68(51-42-52-104-93(115-95(134)139-99(18,19)20)116-96(135)140-100(21,22)23)106-83(123)69(53-58(2)3)108-89(129)77(80(61(8)9)141-142(27,28)101(24,25)26)114-90(130)78(113-85(125)70(54-59(4)5)107-84(124)71(55-60(6)7)110-94(133)138-98(15,16)17)81(64-43-34-30-35-44-64)137-92(132)72(57-136-97(12,13)14)109-86(126)74(103)79(121)91(131)117-102(65-45-36-31-37-46-65,66-47-38-32-39-48-66)67-49-40-33-41-50-67/h30-41,43-50,58-63,68-72,74-81,118,121H,29,42,51-57,103H2,1-28H3,(H,105,127)(H,106,123)(H,107,124)(H,108,129)(H,109,126)(H,110,133)(H,111,122)(H,112,128)(H,113,125)(H,114,130)(H,117,131)(H,119,120)(H2,104,115,116,134,135)/t62-,63-,68+,69-,70-,71+,72-,74-,75-,76-,77-,78-,79-,80+,81+/m0/s1. The number of rotatable bonds is 49. The van der Waals surface area contributed by atoms with Gasteiger partial charge in [-0.25, -0.2) is 19.2 Å². The highest BCUT2D eigenvalue weighted by atomic mass is 28.4. The highest BCUT2D eigenvalue weighted by molar-refractivity contribution is 6.74. The van der Waals surface area contributed by atoms with Gasteiger partial charge in [-0.1, -0.05) is 218 Å². The molecule has 39 nitrogen and oxygen atoms in total. The number of benzene rings is 4. The number of ether oxygens (including phenoxy) is 5. The van der Waals surface area contributed by atoms with Crippen molar-refractivity contribution < 1.29 is 115 Å². The Kier molecular flexibility index (Phi) is 47.4. The van der Waals surface area contributed by atoms with Crippen molar-refractivity contribution in [3.05, 3.63) is 144 Å². The number of nitrogens with zero attached hydrogens (tertiary/aromatic N) is 1. The second-order valence-electron chi connectivity index (χ2n) is 42.7. The lowest BCUT2D eigenvalue weighted by Crippen LogP contribution is -2.65. The fourth-order valence-corrected chi connectivity index (χ4v) is 15.8. The molecule has 0 aromatic heterocycles. The number of hydrogen-bond acceptors (Lipinski definition) is 24. The molecule has 0 aliphatic carbocycles. The van der Waals surface area contributed by atoms with Crippen LogP contribution in [-0.4, -0.2) is 240 Å². The Hall–Kier alpha value is -12.0. The minimum absolute atomic E-state index is 0.0261. The molecule has 0 radical (unpaired) electrons. The first-order chi connectivity index (χ1) is 65.7. The second kappa shape index (κ2) is 55.0. The van der Waals surface area contributed by atoms with Crippen molar-refractivity contribution in [3.63, 3.8) is 0 Å². The van der Waals surface area contributed by atoms with Crippen LogP contribution in [0.25, 0.3) is 0 Å². The Morgan fingerprint density at radius 1 is 0.437 bits per heavy atom. The molecule has 4 aromatic carbocycles. The van der Waals surface area contributed by atoms with Gasteiger partial charge < -0.3 is 113 Å². The van der Waals surface area contributed by atoms with Gasteiger partial charge in [-0.05, 0) is 192 Å². The summed E-state index contributed by atoms with van der Waals surface area (Å²) in [7, 11) is -3.20. The SMILES string of the molecule is CC[C@H](C)[C@H](NC(=O)[C@@H](CCCN/C(=N/C(=O)OC(C)(C)C)NC(=O)OC(C)(C)C)NC(=O)[C@H](CC(C)C)NC(=O)[C@@H](NC(=O)[C@@H](NC(=O)[C@H](CC(C)C)NC(=O)[C@@H](CC(C)C)NC(=O)OC(C)(C)C)[C@H](OC(=O)[C@H](COC(C)(C)C)NC(=O)[C@@H](N)[C@H](O)C(=O)NC(c1ccccc1)(c1ccccc1)c1ccccc1)c1ccccc1)[C@H](O[Si](C)(C)C(C)(C)C)C(C)C)C(=O)N[C@H](C(=O)NCC(=O)O)[C@H](C)O. The van der Waals surface area contributed by atoms with Crippen LogP contribution in [0.3, 0.4) is 0 Å². The van der Waals surface area contributed by atoms with Crippen LogP contribution in [0.15, 0.2) is 126 Å². The van der Waals surface area contributed by atoms with Crippen LogP contribution in [0, 0.1) is 29.6 Å². The van der Waals surface area contributed by atoms with E-state index in [9.17, 15) is 53.7 Å². The number of carboxylic acids is 1. The first-order valence-corrected chi connectivity index (χ1v) is 51.3. The molecule has 0 heterocycles. The van der Waals surface area contributed by atoms with Gasteiger partial charge in [-0.15, -0.1) is 4.99 Å². The second-order valence-corrected chi connectivity index (χ2v) is 47.5. The summed E-state index contributed by atoms with van der Waals surface area (Å²) in [5.74, 6) is -17.0. The highest BCUT2D eigenvalue weighted by Crippen LogP contribution is 2.40. The Morgan fingerprint density at radius 3 is 1.27 bits per heavy atom. The average molecular weight is 2010 g/mol.